The third-order valence-corrected chi connectivity index (χ3v) is 13.9. The van der Waals surface area contributed by atoms with Gasteiger partial charge in [-0.2, -0.15) is 0 Å². The average molecular weight is 940 g/mol. The van der Waals surface area contributed by atoms with Gasteiger partial charge in [0, 0.05) is 6.42 Å². The molecule has 0 fully saturated rings. The fourth-order valence-corrected chi connectivity index (χ4v) is 9.19. The molecule has 0 radical (unpaired) electrons. The van der Waals surface area contributed by atoms with Gasteiger partial charge in [-0.15, -0.1) is 0 Å². The first kappa shape index (κ1) is 64.0. The topological polar surface area (TPSA) is 105 Å². The lowest BCUT2D eigenvalue weighted by Crippen LogP contribution is -2.45. The van der Waals surface area contributed by atoms with E-state index in [-0.39, 0.29) is 19.1 Å². The Hall–Kier alpha value is -1.02. The van der Waals surface area contributed by atoms with Crippen molar-refractivity contribution < 1.29 is 32.9 Å². The molecule has 386 valence electrons. The lowest BCUT2D eigenvalue weighted by atomic mass is 10.0. The number of nitrogens with one attached hydrogen (secondary N) is 1. The number of rotatable bonds is 52. The first-order valence-electron chi connectivity index (χ1n) is 28.2. The van der Waals surface area contributed by atoms with E-state index in [1.807, 2.05) is 27.2 Å². The van der Waals surface area contributed by atoms with Gasteiger partial charge in [0.05, 0.1) is 39.9 Å². The van der Waals surface area contributed by atoms with Crippen LogP contribution in [0.15, 0.2) is 24.3 Å². The van der Waals surface area contributed by atoms with Gasteiger partial charge in [-0.3, -0.25) is 13.8 Å². The highest BCUT2D eigenvalue weighted by Crippen LogP contribution is 2.43. The summed E-state index contributed by atoms with van der Waals surface area (Å²) in [4.78, 5) is 23.3. The van der Waals surface area contributed by atoms with Gasteiger partial charge in [0.1, 0.15) is 13.2 Å². The minimum Gasteiger partial charge on any atom is -0.387 e. The number of hydrogen-bond donors (Lipinski definition) is 3. The van der Waals surface area contributed by atoms with Crippen molar-refractivity contribution in [3.05, 3.63) is 24.3 Å². The number of likely N-dealkylation sites (N-methyl/N-ethyl adjacent to an activating group) is 1. The van der Waals surface area contributed by atoms with Crippen LogP contribution in [0.5, 0.6) is 0 Å². The Balaban J connectivity index is 4.23. The molecule has 0 aliphatic carbocycles. The van der Waals surface area contributed by atoms with Crippen molar-refractivity contribution in [3.8, 4) is 0 Å². The number of aliphatic hydroxyl groups excluding tert-OH is 1. The maximum absolute atomic E-state index is 13.0. The molecular formula is C56H112N2O6P+. The second-order valence-electron chi connectivity index (χ2n) is 20.7. The summed E-state index contributed by atoms with van der Waals surface area (Å²) in [5.74, 6) is -0.178. The molecule has 0 aromatic heterocycles. The van der Waals surface area contributed by atoms with Crippen LogP contribution in [0.4, 0.5) is 0 Å². The Morgan fingerprint density at radius 1 is 0.508 bits per heavy atom. The Labute approximate surface area is 404 Å². The molecule has 0 spiro atoms. The van der Waals surface area contributed by atoms with Crippen LogP contribution in [0.2, 0.25) is 0 Å². The number of unbranched alkanes of at least 4 members (excludes halogenated alkanes) is 37. The molecule has 0 bridgehead atoms. The van der Waals surface area contributed by atoms with E-state index < -0.39 is 20.0 Å². The van der Waals surface area contributed by atoms with Gasteiger partial charge < -0.3 is 19.8 Å². The van der Waals surface area contributed by atoms with Crippen LogP contribution in [0.3, 0.4) is 0 Å². The highest BCUT2D eigenvalue weighted by atomic mass is 31.2. The van der Waals surface area contributed by atoms with Gasteiger partial charge in [0.15, 0.2) is 0 Å². The van der Waals surface area contributed by atoms with Crippen LogP contribution >= 0.6 is 7.82 Å². The zero-order valence-electron chi connectivity index (χ0n) is 44.0. The maximum atomic E-state index is 13.0. The predicted molar refractivity (Wildman–Crippen MR) is 281 cm³/mol. The van der Waals surface area contributed by atoms with E-state index in [1.54, 1.807) is 6.08 Å². The van der Waals surface area contributed by atoms with Gasteiger partial charge >= 0.3 is 7.82 Å². The number of carbonyl (C=O) groups is 1. The highest BCUT2D eigenvalue weighted by molar-refractivity contribution is 7.47. The molecule has 0 saturated heterocycles. The van der Waals surface area contributed by atoms with Gasteiger partial charge in [-0.25, -0.2) is 4.57 Å². The molecule has 0 heterocycles. The zero-order chi connectivity index (χ0) is 47.8. The first-order valence-corrected chi connectivity index (χ1v) is 29.7. The molecule has 3 atom stereocenters. The monoisotopic (exact) mass is 940 g/mol. The van der Waals surface area contributed by atoms with E-state index in [9.17, 15) is 19.4 Å². The molecule has 65 heavy (non-hydrogen) atoms. The van der Waals surface area contributed by atoms with E-state index in [1.165, 1.54) is 218 Å². The zero-order valence-corrected chi connectivity index (χ0v) is 44.9. The number of aliphatic hydroxyl groups is 1. The molecular weight excluding hydrogens is 828 g/mol. The van der Waals surface area contributed by atoms with Crippen LogP contribution in [0.25, 0.3) is 0 Å². The van der Waals surface area contributed by atoms with Crippen LogP contribution in [-0.4, -0.2) is 73.4 Å². The molecule has 0 aromatic carbocycles. The van der Waals surface area contributed by atoms with Crippen molar-refractivity contribution >= 4 is 13.7 Å². The van der Waals surface area contributed by atoms with Gasteiger partial charge in [-0.1, -0.05) is 250 Å². The molecule has 3 unspecified atom stereocenters. The summed E-state index contributed by atoms with van der Waals surface area (Å²) in [6, 6.07) is -0.847. The average Bonchev–Trinajstić information content (AvgIpc) is 3.26. The number of carbonyl (C=O) groups excluding carboxylic acids is 1. The molecule has 9 heteroatoms. The summed E-state index contributed by atoms with van der Waals surface area (Å²) >= 11 is 0. The van der Waals surface area contributed by atoms with E-state index in [0.717, 1.165) is 38.5 Å². The summed E-state index contributed by atoms with van der Waals surface area (Å²) in [6.45, 7) is 4.85. The summed E-state index contributed by atoms with van der Waals surface area (Å²) in [7, 11) is 1.58. The van der Waals surface area contributed by atoms with E-state index in [4.69, 9.17) is 9.05 Å². The highest BCUT2D eigenvalue weighted by Gasteiger charge is 2.27. The molecule has 0 aliphatic heterocycles. The molecule has 0 aromatic rings. The van der Waals surface area contributed by atoms with E-state index in [0.29, 0.717) is 17.4 Å². The van der Waals surface area contributed by atoms with Crippen LogP contribution < -0.4 is 5.32 Å². The lowest BCUT2D eigenvalue weighted by molar-refractivity contribution is -0.870. The fourth-order valence-electron chi connectivity index (χ4n) is 8.45. The van der Waals surface area contributed by atoms with Crippen LogP contribution in [0.1, 0.15) is 277 Å². The Bertz CT molecular complexity index is 1110. The number of quaternary nitrogens is 1. The second kappa shape index (κ2) is 48.0. The maximum Gasteiger partial charge on any atom is 0.472 e. The van der Waals surface area contributed by atoms with Gasteiger partial charge in [0.2, 0.25) is 5.91 Å². The SMILES string of the molecule is CCCCCCCCCC/C=C\CCCCCCCCCC(=O)NC(COP(=O)(O)OCC[N+](C)(C)C)C(O)/C=C/CCCCCCCCCCCCCCCCCCCCCCCC. The normalized spacial score (nSPS) is 14.1. The minimum absolute atomic E-state index is 0.0622. The van der Waals surface area contributed by atoms with Gasteiger partial charge in [-0.05, 0) is 44.9 Å². The standard InChI is InChI=1S/C56H111N2O6P/c1-6-8-10-12-14-16-18-20-22-24-26-27-28-29-30-32-33-35-37-39-41-43-45-47-49-55(59)54(53-64-65(61,62)63-52-51-58(3,4)5)57-56(60)50-48-46-44-42-40-38-36-34-31-25-23-21-19-17-15-13-11-9-7-2/h25,31,47,49,54-55,59H,6-24,26-30,32-46,48,50-53H2,1-5H3,(H-,57,60,61,62)/p+1/b31-25-,49-47+. The lowest BCUT2D eigenvalue weighted by Gasteiger charge is -2.25. The van der Waals surface area contributed by atoms with Crippen molar-refractivity contribution in [1.82, 2.24) is 5.32 Å². The first-order chi connectivity index (χ1) is 31.5. The van der Waals surface area contributed by atoms with E-state index >= 15 is 0 Å². The van der Waals surface area contributed by atoms with Gasteiger partial charge in [0.25, 0.3) is 0 Å². The summed E-state index contributed by atoms with van der Waals surface area (Å²) < 4.78 is 23.7. The summed E-state index contributed by atoms with van der Waals surface area (Å²) in [6.07, 6.45) is 59.8. The summed E-state index contributed by atoms with van der Waals surface area (Å²) in [5.41, 5.74) is 0. The Kier molecular flexibility index (Phi) is 47.3. The number of nitrogens with zero attached hydrogens (tertiary/aromatic N) is 1. The quantitative estimate of drug-likeness (QED) is 0.0243. The third kappa shape index (κ3) is 50.7. The van der Waals surface area contributed by atoms with Crippen LogP contribution in [-0.2, 0) is 18.4 Å². The van der Waals surface area contributed by atoms with Crippen LogP contribution in [0, 0.1) is 0 Å². The second-order valence-corrected chi connectivity index (χ2v) is 22.1. The number of phosphoric acid groups is 1. The molecule has 0 saturated carbocycles. The molecule has 8 nitrogen and oxygen atoms in total. The van der Waals surface area contributed by atoms with E-state index in [2.05, 4.69) is 31.3 Å². The fraction of sp³-hybridized carbons (Fsp3) is 0.911. The summed E-state index contributed by atoms with van der Waals surface area (Å²) in [5, 5.41) is 13.9. The number of hydrogen-bond acceptors (Lipinski definition) is 5. The third-order valence-electron chi connectivity index (χ3n) is 12.9. The number of phosphoric ester groups is 1. The number of allylic oxidation sites excluding steroid dienone is 3. The predicted octanol–water partition coefficient (Wildman–Crippen LogP) is 16.8. The molecule has 0 rings (SSSR count). The largest absolute Gasteiger partial charge is 0.472 e. The Morgan fingerprint density at radius 2 is 0.831 bits per heavy atom. The van der Waals surface area contributed by atoms with Crippen molar-refractivity contribution in [2.24, 2.45) is 0 Å². The molecule has 3 N–H and O–H groups in total. The Morgan fingerprint density at radius 3 is 1.18 bits per heavy atom. The smallest absolute Gasteiger partial charge is 0.387 e. The molecule has 0 aliphatic rings. The van der Waals surface area contributed by atoms with Crippen molar-refractivity contribution in [2.75, 3.05) is 40.9 Å². The minimum atomic E-state index is -4.34. The van der Waals surface area contributed by atoms with Crippen molar-refractivity contribution in [2.45, 2.75) is 289 Å². The van der Waals surface area contributed by atoms with Crippen molar-refractivity contribution in [1.29, 1.82) is 0 Å². The molecule has 1 amide bonds. The number of amides is 1. The van der Waals surface area contributed by atoms with Crippen molar-refractivity contribution in [3.63, 3.8) is 0 Å².